The maximum atomic E-state index is 11.8. The summed E-state index contributed by atoms with van der Waals surface area (Å²) >= 11 is 0. The number of anilines is 1. The quantitative estimate of drug-likeness (QED) is 0.873. The first kappa shape index (κ1) is 13.4. The van der Waals surface area contributed by atoms with Crippen molar-refractivity contribution in [1.29, 1.82) is 0 Å². The molecule has 2 heterocycles. The first-order valence-corrected chi connectivity index (χ1v) is 8.74. The molecule has 23 heavy (non-hydrogen) atoms. The minimum atomic E-state index is -0.572. The second kappa shape index (κ2) is 4.73. The predicted molar refractivity (Wildman–Crippen MR) is 90.7 cm³/mol. The van der Waals surface area contributed by atoms with Gasteiger partial charge in [-0.3, -0.25) is 4.79 Å². The summed E-state index contributed by atoms with van der Waals surface area (Å²) in [4.78, 5) is 14.3. The Morgan fingerprint density at radius 3 is 2.74 bits per heavy atom. The highest BCUT2D eigenvalue weighted by Gasteiger charge is 2.51. The van der Waals surface area contributed by atoms with Gasteiger partial charge in [-0.2, -0.15) is 0 Å². The van der Waals surface area contributed by atoms with E-state index in [2.05, 4.69) is 41.3 Å². The van der Waals surface area contributed by atoms with Gasteiger partial charge in [0, 0.05) is 23.7 Å². The Morgan fingerprint density at radius 2 is 1.91 bits per heavy atom. The summed E-state index contributed by atoms with van der Waals surface area (Å²) in [6, 6.07) is 13.6. The number of aliphatic carboxylic acids is 1. The Hall–Kier alpha value is -2.03. The standard InChI is InChI=1S/C20H21NO2/c22-20(23)19-14-7-9-15(19)16-10-8-13-4-1-3-12-5-2-6-17(18(12)13)21(16)11-14/h1-6,14-16,19H,7-11H2,(H,22,23). The number of piperidine rings is 1. The molecule has 2 aromatic carbocycles. The van der Waals surface area contributed by atoms with Gasteiger partial charge in [-0.25, -0.2) is 0 Å². The Kier molecular flexibility index (Phi) is 2.76. The number of carbonyl (C=O) groups is 1. The normalized spacial score (nSPS) is 31.7. The highest BCUT2D eigenvalue weighted by Crippen LogP contribution is 2.50. The van der Waals surface area contributed by atoms with Crippen LogP contribution in [0.15, 0.2) is 36.4 Å². The summed E-state index contributed by atoms with van der Waals surface area (Å²) in [5.74, 6) is -0.0705. The van der Waals surface area contributed by atoms with Gasteiger partial charge in [0.05, 0.1) is 5.92 Å². The molecule has 0 spiro atoms. The number of carboxylic acids is 1. The van der Waals surface area contributed by atoms with Crippen molar-refractivity contribution < 1.29 is 9.90 Å². The van der Waals surface area contributed by atoms with Crippen LogP contribution < -0.4 is 4.90 Å². The van der Waals surface area contributed by atoms with Crippen molar-refractivity contribution in [1.82, 2.24) is 0 Å². The van der Waals surface area contributed by atoms with E-state index in [9.17, 15) is 9.90 Å². The van der Waals surface area contributed by atoms with Crippen LogP contribution in [-0.2, 0) is 11.2 Å². The monoisotopic (exact) mass is 307 g/mol. The van der Waals surface area contributed by atoms with Gasteiger partial charge in [0.2, 0.25) is 0 Å². The molecular weight excluding hydrogens is 286 g/mol. The van der Waals surface area contributed by atoms with E-state index in [1.54, 1.807) is 0 Å². The third-order valence-corrected chi connectivity index (χ3v) is 6.44. The molecule has 3 nitrogen and oxygen atoms in total. The second-order valence-electron chi connectivity index (χ2n) is 7.42. The van der Waals surface area contributed by atoms with Crippen molar-refractivity contribution >= 4 is 22.4 Å². The number of hydrogen-bond donors (Lipinski definition) is 1. The lowest BCUT2D eigenvalue weighted by Gasteiger charge is -2.44. The van der Waals surface area contributed by atoms with E-state index in [0.717, 1.165) is 32.2 Å². The van der Waals surface area contributed by atoms with E-state index in [4.69, 9.17) is 0 Å². The van der Waals surface area contributed by atoms with E-state index in [1.807, 2.05) is 0 Å². The van der Waals surface area contributed by atoms with Crippen molar-refractivity contribution in [2.75, 3.05) is 11.4 Å². The highest BCUT2D eigenvalue weighted by molar-refractivity contribution is 5.97. The Morgan fingerprint density at radius 1 is 1.09 bits per heavy atom. The summed E-state index contributed by atoms with van der Waals surface area (Å²) in [6.45, 7) is 0.908. The van der Waals surface area contributed by atoms with Crippen molar-refractivity contribution in [2.24, 2.45) is 17.8 Å². The van der Waals surface area contributed by atoms with Gasteiger partial charge in [-0.15, -0.1) is 0 Å². The van der Waals surface area contributed by atoms with E-state index in [0.29, 0.717) is 17.9 Å². The van der Waals surface area contributed by atoms with Crippen LogP contribution in [0.2, 0.25) is 0 Å². The molecule has 2 aliphatic heterocycles. The minimum Gasteiger partial charge on any atom is -0.481 e. The number of benzene rings is 2. The number of rotatable bonds is 1. The van der Waals surface area contributed by atoms with Gasteiger partial charge in [0.25, 0.3) is 0 Å². The van der Waals surface area contributed by atoms with Gasteiger partial charge in [-0.05, 0) is 54.5 Å². The molecule has 0 aromatic heterocycles. The second-order valence-corrected chi connectivity index (χ2v) is 7.42. The number of aryl methyl sites for hydroxylation is 1. The predicted octanol–water partition coefficient (Wildman–Crippen LogP) is 3.70. The molecule has 4 atom stereocenters. The van der Waals surface area contributed by atoms with Gasteiger partial charge in [-0.1, -0.05) is 30.3 Å². The molecule has 1 N–H and O–H groups in total. The highest BCUT2D eigenvalue weighted by atomic mass is 16.4. The zero-order valence-electron chi connectivity index (χ0n) is 13.1. The summed E-state index contributed by atoms with van der Waals surface area (Å²) in [5.41, 5.74) is 2.76. The molecule has 1 saturated heterocycles. The minimum absolute atomic E-state index is 0.128. The van der Waals surface area contributed by atoms with Crippen LogP contribution in [0.1, 0.15) is 24.8 Å². The lowest BCUT2D eigenvalue weighted by Crippen LogP contribution is -2.51. The molecule has 1 saturated carbocycles. The molecule has 3 heteroatoms. The SMILES string of the molecule is O=C(O)C1C2CCC1C1CCc3cccc4cccc(c34)N1C2. The van der Waals surface area contributed by atoms with Crippen LogP contribution in [0.25, 0.3) is 10.8 Å². The molecular formula is C20H21NO2. The van der Waals surface area contributed by atoms with Gasteiger partial charge in [0.1, 0.15) is 0 Å². The summed E-state index contributed by atoms with van der Waals surface area (Å²) in [6.07, 6.45) is 4.29. The van der Waals surface area contributed by atoms with Crippen LogP contribution in [0.5, 0.6) is 0 Å². The van der Waals surface area contributed by atoms with E-state index in [1.165, 1.54) is 22.0 Å². The maximum absolute atomic E-state index is 11.8. The first-order chi connectivity index (χ1) is 11.2. The average Bonchev–Trinajstić information content (AvgIpc) is 2.79. The zero-order valence-corrected chi connectivity index (χ0v) is 13.1. The molecule has 2 bridgehead atoms. The van der Waals surface area contributed by atoms with Crippen LogP contribution in [-0.4, -0.2) is 23.7 Å². The topological polar surface area (TPSA) is 40.5 Å². The van der Waals surface area contributed by atoms with Gasteiger partial charge < -0.3 is 10.0 Å². The number of nitrogens with zero attached hydrogens (tertiary/aromatic N) is 1. The molecule has 4 unspecified atom stereocenters. The Balaban J connectivity index is 1.67. The molecule has 0 amide bonds. The fraction of sp³-hybridized carbons (Fsp3) is 0.450. The number of hydrogen-bond acceptors (Lipinski definition) is 2. The molecule has 2 fully saturated rings. The van der Waals surface area contributed by atoms with Gasteiger partial charge >= 0.3 is 5.97 Å². The number of carboxylic acid groups (broad SMARTS) is 1. The molecule has 2 aromatic rings. The van der Waals surface area contributed by atoms with E-state index in [-0.39, 0.29) is 5.92 Å². The molecule has 1 aliphatic carbocycles. The summed E-state index contributed by atoms with van der Waals surface area (Å²) in [7, 11) is 0. The van der Waals surface area contributed by atoms with Crippen LogP contribution in [0, 0.1) is 17.8 Å². The van der Waals surface area contributed by atoms with Crippen molar-refractivity contribution in [2.45, 2.75) is 31.7 Å². The summed E-state index contributed by atoms with van der Waals surface area (Å²) in [5, 5.41) is 12.4. The zero-order chi connectivity index (χ0) is 15.6. The molecule has 0 radical (unpaired) electrons. The smallest absolute Gasteiger partial charge is 0.307 e. The third kappa shape index (κ3) is 1.79. The fourth-order valence-corrected chi connectivity index (χ4v) is 5.55. The lowest BCUT2D eigenvalue weighted by molar-refractivity contribution is -0.145. The van der Waals surface area contributed by atoms with Gasteiger partial charge in [0.15, 0.2) is 0 Å². The Labute approximate surface area is 135 Å². The van der Waals surface area contributed by atoms with Crippen molar-refractivity contribution in [3.8, 4) is 0 Å². The van der Waals surface area contributed by atoms with Crippen LogP contribution in [0.3, 0.4) is 0 Å². The van der Waals surface area contributed by atoms with E-state index < -0.39 is 5.97 Å². The van der Waals surface area contributed by atoms with Crippen LogP contribution >= 0.6 is 0 Å². The fourth-order valence-electron chi connectivity index (χ4n) is 5.55. The van der Waals surface area contributed by atoms with Crippen LogP contribution in [0.4, 0.5) is 5.69 Å². The molecule has 118 valence electrons. The van der Waals surface area contributed by atoms with Crippen molar-refractivity contribution in [3.63, 3.8) is 0 Å². The largest absolute Gasteiger partial charge is 0.481 e. The molecule has 5 rings (SSSR count). The average molecular weight is 307 g/mol. The Bertz CT molecular complexity index is 794. The lowest BCUT2D eigenvalue weighted by atomic mass is 9.78. The van der Waals surface area contributed by atoms with Crippen molar-refractivity contribution in [3.05, 3.63) is 42.0 Å². The maximum Gasteiger partial charge on any atom is 0.307 e. The molecule has 3 aliphatic rings. The summed E-state index contributed by atoms with van der Waals surface area (Å²) < 4.78 is 0. The number of fused-ring (bicyclic) bond motifs is 5. The third-order valence-electron chi connectivity index (χ3n) is 6.44. The first-order valence-electron chi connectivity index (χ1n) is 8.74. The van der Waals surface area contributed by atoms with E-state index >= 15 is 0 Å².